The summed E-state index contributed by atoms with van der Waals surface area (Å²) in [4.78, 5) is 31.9. The predicted molar refractivity (Wildman–Crippen MR) is 82.1 cm³/mol. The van der Waals surface area contributed by atoms with Crippen LogP contribution in [-0.4, -0.2) is 48.4 Å². The van der Waals surface area contributed by atoms with Crippen LogP contribution in [0.3, 0.4) is 0 Å². The van der Waals surface area contributed by atoms with Gasteiger partial charge in [-0.2, -0.15) is 0 Å². The van der Waals surface area contributed by atoms with E-state index in [1.807, 2.05) is 45.0 Å². The molecular weight excluding hydrogens is 268 g/mol. The Labute approximate surface area is 125 Å². The molecule has 1 fully saturated rings. The lowest BCUT2D eigenvalue weighted by Crippen LogP contribution is -2.33. The number of carbonyl (C=O) groups excluding carboxylic acids is 2. The van der Waals surface area contributed by atoms with Crippen LogP contribution in [-0.2, 0) is 9.59 Å². The van der Waals surface area contributed by atoms with Crippen LogP contribution in [0.25, 0.3) is 0 Å². The summed E-state index contributed by atoms with van der Waals surface area (Å²) in [6.07, 6.45) is 1.91. The molecule has 21 heavy (non-hydrogen) atoms. The molecule has 6 heteroatoms. The Hall–Kier alpha value is -2.11. The molecule has 1 aromatic rings. The normalized spacial score (nSPS) is 18.2. The van der Waals surface area contributed by atoms with Crippen molar-refractivity contribution in [3.8, 4) is 0 Å². The van der Waals surface area contributed by atoms with Crippen molar-refractivity contribution >= 4 is 23.3 Å². The number of pyridine rings is 1. The van der Waals surface area contributed by atoms with E-state index in [4.69, 9.17) is 0 Å². The summed E-state index contributed by atoms with van der Waals surface area (Å²) in [5, 5.41) is 2.83. The van der Waals surface area contributed by atoms with Crippen LogP contribution in [0.15, 0.2) is 18.3 Å². The van der Waals surface area contributed by atoms with E-state index in [1.165, 1.54) is 0 Å². The molecule has 0 aromatic carbocycles. The highest BCUT2D eigenvalue weighted by Gasteiger charge is 2.35. The number of hydrogen-bond donors (Lipinski definition) is 1. The van der Waals surface area contributed by atoms with Crippen molar-refractivity contribution in [2.75, 3.05) is 30.9 Å². The molecule has 1 saturated heterocycles. The minimum Gasteiger partial charge on any atom is -0.363 e. The van der Waals surface area contributed by atoms with Crippen molar-refractivity contribution < 1.29 is 9.59 Å². The third-order valence-electron chi connectivity index (χ3n) is 3.63. The molecule has 0 unspecified atom stereocenters. The standard InChI is InChI=1S/C15H22N4O2/c1-10(2)19-9-11(7-14(19)20)15(21)17-12-5-6-13(16-8-12)18(3)4/h5-6,8,10-11H,7,9H2,1-4H3,(H,17,21)/t11-/m0/s1. The van der Waals surface area contributed by atoms with Crippen molar-refractivity contribution in [3.63, 3.8) is 0 Å². The van der Waals surface area contributed by atoms with E-state index in [2.05, 4.69) is 10.3 Å². The van der Waals surface area contributed by atoms with Gasteiger partial charge >= 0.3 is 0 Å². The first-order valence-corrected chi connectivity index (χ1v) is 7.12. The van der Waals surface area contributed by atoms with Gasteiger partial charge in [0.15, 0.2) is 0 Å². The molecule has 2 amide bonds. The van der Waals surface area contributed by atoms with Gasteiger partial charge in [0.1, 0.15) is 5.82 Å². The largest absolute Gasteiger partial charge is 0.363 e. The zero-order chi connectivity index (χ0) is 15.6. The summed E-state index contributed by atoms with van der Waals surface area (Å²) < 4.78 is 0. The van der Waals surface area contributed by atoms with Crippen LogP contribution in [0.1, 0.15) is 20.3 Å². The minimum absolute atomic E-state index is 0.0474. The maximum Gasteiger partial charge on any atom is 0.229 e. The minimum atomic E-state index is -0.284. The number of aromatic nitrogens is 1. The van der Waals surface area contributed by atoms with E-state index in [-0.39, 0.29) is 30.2 Å². The zero-order valence-corrected chi connectivity index (χ0v) is 13.0. The molecule has 6 nitrogen and oxygen atoms in total. The van der Waals surface area contributed by atoms with Crippen molar-refractivity contribution in [2.45, 2.75) is 26.3 Å². The number of amides is 2. The number of hydrogen-bond acceptors (Lipinski definition) is 4. The van der Waals surface area contributed by atoms with Gasteiger partial charge in [0.25, 0.3) is 0 Å². The van der Waals surface area contributed by atoms with Crippen LogP contribution in [0.2, 0.25) is 0 Å². The average Bonchev–Trinajstić information content (AvgIpc) is 2.81. The van der Waals surface area contributed by atoms with Crippen LogP contribution >= 0.6 is 0 Å². The molecule has 114 valence electrons. The van der Waals surface area contributed by atoms with Gasteiger partial charge in [-0.1, -0.05) is 0 Å². The van der Waals surface area contributed by atoms with Gasteiger partial charge in [-0.3, -0.25) is 9.59 Å². The highest BCUT2D eigenvalue weighted by molar-refractivity contribution is 5.97. The molecule has 2 heterocycles. The average molecular weight is 290 g/mol. The molecule has 1 aromatic heterocycles. The summed E-state index contributed by atoms with van der Waals surface area (Å²) in [5.74, 6) is 0.473. The molecular formula is C15H22N4O2. The van der Waals surface area contributed by atoms with Gasteiger partial charge in [0.05, 0.1) is 17.8 Å². The summed E-state index contributed by atoms with van der Waals surface area (Å²) in [5.41, 5.74) is 0.654. The van der Waals surface area contributed by atoms with Gasteiger partial charge in [0, 0.05) is 33.1 Å². The lowest BCUT2D eigenvalue weighted by molar-refractivity contribution is -0.129. The Morgan fingerprint density at radius 1 is 1.43 bits per heavy atom. The summed E-state index contributed by atoms with van der Waals surface area (Å²) in [7, 11) is 3.82. The molecule has 1 N–H and O–H groups in total. The number of nitrogens with one attached hydrogen (secondary N) is 1. The van der Waals surface area contributed by atoms with Gasteiger partial charge in [-0.15, -0.1) is 0 Å². The van der Waals surface area contributed by atoms with Gasteiger partial charge in [-0.05, 0) is 26.0 Å². The maximum absolute atomic E-state index is 12.2. The third-order valence-corrected chi connectivity index (χ3v) is 3.63. The second-order valence-electron chi connectivity index (χ2n) is 5.83. The van der Waals surface area contributed by atoms with Gasteiger partial charge in [0.2, 0.25) is 11.8 Å². The Morgan fingerprint density at radius 3 is 2.62 bits per heavy atom. The number of likely N-dealkylation sites (tertiary alicyclic amines) is 1. The second-order valence-corrected chi connectivity index (χ2v) is 5.83. The van der Waals surface area contributed by atoms with Crippen molar-refractivity contribution in [1.29, 1.82) is 0 Å². The van der Waals surface area contributed by atoms with Crippen LogP contribution < -0.4 is 10.2 Å². The molecule has 0 radical (unpaired) electrons. The van der Waals surface area contributed by atoms with Crippen LogP contribution in [0, 0.1) is 5.92 Å². The lowest BCUT2D eigenvalue weighted by atomic mass is 10.1. The fraction of sp³-hybridized carbons (Fsp3) is 0.533. The fourth-order valence-electron chi connectivity index (χ4n) is 2.38. The predicted octanol–water partition coefficient (Wildman–Crippen LogP) is 1.34. The molecule has 1 atom stereocenters. The first kappa shape index (κ1) is 15.3. The maximum atomic E-state index is 12.2. The van der Waals surface area contributed by atoms with Crippen molar-refractivity contribution in [1.82, 2.24) is 9.88 Å². The van der Waals surface area contributed by atoms with E-state index in [1.54, 1.807) is 11.1 Å². The van der Waals surface area contributed by atoms with Gasteiger partial charge < -0.3 is 15.1 Å². The zero-order valence-electron chi connectivity index (χ0n) is 13.0. The smallest absolute Gasteiger partial charge is 0.229 e. The number of carbonyl (C=O) groups is 2. The van der Waals surface area contributed by atoms with Crippen molar-refractivity contribution in [3.05, 3.63) is 18.3 Å². The van der Waals surface area contributed by atoms with Crippen LogP contribution in [0.4, 0.5) is 11.5 Å². The number of anilines is 2. The van der Waals surface area contributed by atoms with E-state index in [0.717, 1.165) is 5.82 Å². The van der Waals surface area contributed by atoms with E-state index in [9.17, 15) is 9.59 Å². The quantitative estimate of drug-likeness (QED) is 0.909. The van der Waals surface area contributed by atoms with E-state index in [0.29, 0.717) is 12.2 Å². The Balaban J connectivity index is 1.97. The second kappa shape index (κ2) is 6.11. The topological polar surface area (TPSA) is 65.5 Å². The van der Waals surface area contributed by atoms with Crippen molar-refractivity contribution in [2.24, 2.45) is 5.92 Å². The summed E-state index contributed by atoms with van der Waals surface area (Å²) in [6, 6.07) is 3.80. The van der Waals surface area contributed by atoms with E-state index >= 15 is 0 Å². The molecule has 0 bridgehead atoms. The summed E-state index contributed by atoms with van der Waals surface area (Å²) >= 11 is 0. The lowest BCUT2D eigenvalue weighted by Gasteiger charge is -2.20. The Bertz CT molecular complexity index is 525. The molecule has 1 aliphatic rings. The molecule has 0 saturated carbocycles. The molecule has 1 aliphatic heterocycles. The number of nitrogens with zero attached hydrogens (tertiary/aromatic N) is 3. The monoisotopic (exact) mass is 290 g/mol. The highest BCUT2D eigenvalue weighted by Crippen LogP contribution is 2.22. The Morgan fingerprint density at radius 2 is 2.14 bits per heavy atom. The van der Waals surface area contributed by atoms with E-state index < -0.39 is 0 Å². The fourth-order valence-corrected chi connectivity index (χ4v) is 2.38. The molecule has 0 aliphatic carbocycles. The molecule has 2 rings (SSSR count). The SMILES string of the molecule is CC(C)N1C[C@@H](C(=O)Nc2ccc(N(C)C)nc2)CC1=O. The number of rotatable bonds is 4. The first-order valence-electron chi connectivity index (χ1n) is 7.12. The van der Waals surface area contributed by atoms with Crippen LogP contribution in [0.5, 0.6) is 0 Å². The van der Waals surface area contributed by atoms with Gasteiger partial charge in [-0.25, -0.2) is 4.98 Å². The first-order chi connectivity index (χ1) is 9.88. The summed E-state index contributed by atoms with van der Waals surface area (Å²) in [6.45, 7) is 4.41. The molecule has 0 spiro atoms. The highest BCUT2D eigenvalue weighted by atomic mass is 16.2. The Kier molecular flexibility index (Phi) is 4.45. The third kappa shape index (κ3) is 3.51.